The van der Waals surface area contributed by atoms with Crippen molar-refractivity contribution in [2.24, 2.45) is 11.8 Å². The second-order valence-electron chi connectivity index (χ2n) is 6.91. The van der Waals surface area contributed by atoms with E-state index < -0.39 is 0 Å². The molecule has 3 rings (SSSR count). The molecular weight excluding hydrogens is 352 g/mol. The van der Waals surface area contributed by atoms with Gasteiger partial charge < -0.3 is 10.6 Å². The summed E-state index contributed by atoms with van der Waals surface area (Å²) in [6, 6.07) is 17.6. The van der Waals surface area contributed by atoms with Gasteiger partial charge in [-0.25, -0.2) is 0 Å². The third-order valence-corrected chi connectivity index (χ3v) is 5.03. The molecule has 1 aliphatic rings. The first-order valence-electron chi connectivity index (χ1n) is 9.21. The van der Waals surface area contributed by atoms with Crippen LogP contribution in [0.4, 0.5) is 11.4 Å². The van der Waals surface area contributed by atoms with E-state index >= 15 is 0 Å². The fraction of sp³-hybridized carbons (Fsp3) is 0.273. The van der Waals surface area contributed by atoms with Gasteiger partial charge in [0.25, 0.3) is 0 Å². The Morgan fingerprint density at radius 3 is 1.29 bits per heavy atom. The Morgan fingerprint density at radius 1 is 0.679 bits per heavy atom. The van der Waals surface area contributed by atoms with Crippen molar-refractivity contribution in [2.75, 3.05) is 10.6 Å². The molecule has 0 aromatic heterocycles. The maximum absolute atomic E-state index is 12.4. The van der Waals surface area contributed by atoms with Crippen LogP contribution in [0.5, 0.6) is 0 Å². The van der Waals surface area contributed by atoms with Crippen LogP contribution in [0.15, 0.2) is 48.5 Å². The van der Waals surface area contributed by atoms with Crippen molar-refractivity contribution in [2.45, 2.75) is 25.7 Å². The van der Waals surface area contributed by atoms with Gasteiger partial charge in [-0.2, -0.15) is 10.5 Å². The van der Waals surface area contributed by atoms with Gasteiger partial charge in [-0.05, 0) is 74.2 Å². The Bertz CT molecular complexity index is 849. The van der Waals surface area contributed by atoms with E-state index in [1.807, 2.05) is 12.1 Å². The monoisotopic (exact) mass is 372 g/mol. The molecule has 0 spiro atoms. The normalized spacial score (nSPS) is 18.4. The van der Waals surface area contributed by atoms with Crippen LogP contribution in [-0.4, -0.2) is 11.8 Å². The molecule has 2 amide bonds. The number of carbonyl (C=O) groups excluding carboxylic acids is 2. The van der Waals surface area contributed by atoms with Crippen molar-refractivity contribution in [1.29, 1.82) is 10.5 Å². The maximum Gasteiger partial charge on any atom is 0.227 e. The van der Waals surface area contributed by atoms with Gasteiger partial charge in [-0.3, -0.25) is 9.59 Å². The Balaban J connectivity index is 1.48. The van der Waals surface area contributed by atoms with Crippen molar-refractivity contribution in [3.05, 3.63) is 59.7 Å². The maximum atomic E-state index is 12.4. The molecule has 1 fully saturated rings. The minimum absolute atomic E-state index is 0.0457. The van der Waals surface area contributed by atoms with Crippen LogP contribution in [0.1, 0.15) is 36.8 Å². The number of anilines is 2. The predicted octanol–water partition coefficient (Wildman–Crippen LogP) is 3.81. The van der Waals surface area contributed by atoms with Crippen LogP contribution >= 0.6 is 0 Å². The highest BCUT2D eigenvalue weighted by atomic mass is 16.2. The molecular formula is C22H20N4O2. The summed E-state index contributed by atoms with van der Waals surface area (Å²) in [6.07, 6.45) is 2.64. The van der Waals surface area contributed by atoms with Crippen LogP contribution in [-0.2, 0) is 9.59 Å². The summed E-state index contributed by atoms with van der Waals surface area (Å²) in [7, 11) is 0. The molecule has 6 nitrogen and oxygen atoms in total. The largest absolute Gasteiger partial charge is 0.326 e. The molecule has 0 radical (unpaired) electrons. The van der Waals surface area contributed by atoms with E-state index in [1.54, 1.807) is 48.5 Å². The third kappa shape index (κ3) is 4.75. The number of nitriles is 2. The van der Waals surface area contributed by atoms with E-state index in [-0.39, 0.29) is 23.7 Å². The molecule has 0 aliphatic heterocycles. The summed E-state index contributed by atoms with van der Waals surface area (Å²) < 4.78 is 0. The standard InChI is InChI=1S/C22H20N4O2/c23-13-15-1-9-19(10-2-15)25-21(27)17-5-7-18(8-6-17)22(28)26-20-11-3-16(14-24)4-12-20/h1-4,9-12,17-18H,5-8H2,(H,25,27)(H,26,28). The molecule has 2 aromatic carbocycles. The first-order chi connectivity index (χ1) is 13.6. The molecule has 1 aliphatic carbocycles. The van der Waals surface area contributed by atoms with Crippen molar-refractivity contribution in [3.63, 3.8) is 0 Å². The third-order valence-electron chi connectivity index (χ3n) is 5.03. The Morgan fingerprint density at radius 2 is 1.00 bits per heavy atom. The quantitative estimate of drug-likeness (QED) is 0.851. The average Bonchev–Trinajstić information content (AvgIpc) is 2.75. The van der Waals surface area contributed by atoms with E-state index in [0.717, 1.165) is 0 Å². The van der Waals surface area contributed by atoms with Crippen LogP contribution < -0.4 is 10.6 Å². The zero-order chi connectivity index (χ0) is 19.9. The number of benzene rings is 2. The molecule has 140 valence electrons. The fourth-order valence-electron chi connectivity index (χ4n) is 3.36. The van der Waals surface area contributed by atoms with E-state index in [4.69, 9.17) is 10.5 Å². The molecule has 0 unspecified atom stereocenters. The van der Waals surface area contributed by atoms with Crippen LogP contribution in [0, 0.1) is 34.5 Å². The SMILES string of the molecule is N#Cc1ccc(NC(=O)C2CCC(C(=O)Nc3ccc(C#N)cc3)CC2)cc1. The second-order valence-corrected chi connectivity index (χ2v) is 6.91. The number of hydrogen-bond donors (Lipinski definition) is 2. The lowest BCUT2D eigenvalue weighted by Gasteiger charge is -2.27. The number of amides is 2. The Hall–Kier alpha value is -3.64. The fourth-order valence-corrected chi connectivity index (χ4v) is 3.36. The van der Waals surface area contributed by atoms with E-state index in [0.29, 0.717) is 48.2 Å². The average molecular weight is 372 g/mol. The van der Waals surface area contributed by atoms with Gasteiger partial charge in [-0.15, -0.1) is 0 Å². The second kappa shape index (κ2) is 8.83. The minimum Gasteiger partial charge on any atom is -0.326 e. The molecule has 0 saturated heterocycles. The van der Waals surface area contributed by atoms with Crippen molar-refractivity contribution in [1.82, 2.24) is 0 Å². The summed E-state index contributed by atoms with van der Waals surface area (Å²) in [5.41, 5.74) is 2.44. The van der Waals surface area contributed by atoms with Gasteiger partial charge in [0.15, 0.2) is 0 Å². The highest BCUT2D eigenvalue weighted by Gasteiger charge is 2.30. The smallest absolute Gasteiger partial charge is 0.227 e. The van der Waals surface area contributed by atoms with E-state index in [2.05, 4.69) is 10.6 Å². The lowest BCUT2D eigenvalue weighted by atomic mass is 9.81. The molecule has 1 saturated carbocycles. The number of carbonyl (C=O) groups is 2. The van der Waals surface area contributed by atoms with Gasteiger partial charge in [0.05, 0.1) is 23.3 Å². The summed E-state index contributed by atoms with van der Waals surface area (Å²) in [5.74, 6) is -0.324. The van der Waals surface area contributed by atoms with Gasteiger partial charge in [0, 0.05) is 23.2 Å². The van der Waals surface area contributed by atoms with Crippen molar-refractivity contribution < 1.29 is 9.59 Å². The number of rotatable bonds is 4. The topological polar surface area (TPSA) is 106 Å². The van der Waals surface area contributed by atoms with E-state index in [1.165, 1.54) is 0 Å². The van der Waals surface area contributed by atoms with Gasteiger partial charge >= 0.3 is 0 Å². The highest BCUT2D eigenvalue weighted by Crippen LogP contribution is 2.30. The molecule has 2 N–H and O–H groups in total. The lowest BCUT2D eigenvalue weighted by Crippen LogP contribution is -2.32. The Labute approximate surface area is 163 Å². The molecule has 0 bridgehead atoms. The zero-order valence-electron chi connectivity index (χ0n) is 15.3. The predicted molar refractivity (Wildman–Crippen MR) is 105 cm³/mol. The van der Waals surface area contributed by atoms with Crippen molar-refractivity contribution >= 4 is 23.2 Å². The van der Waals surface area contributed by atoms with Crippen LogP contribution in [0.3, 0.4) is 0 Å². The minimum atomic E-state index is -0.116. The lowest BCUT2D eigenvalue weighted by molar-refractivity contribution is -0.125. The summed E-state index contributed by atoms with van der Waals surface area (Å²) in [6.45, 7) is 0. The Kier molecular flexibility index (Phi) is 6.04. The van der Waals surface area contributed by atoms with Gasteiger partial charge in [0.1, 0.15) is 0 Å². The summed E-state index contributed by atoms with van der Waals surface area (Å²) in [5, 5.41) is 23.4. The van der Waals surface area contributed by atoms with Gasteiger partial charge in [0.2, 0.25) is 11.8 Å². The molecule has 2 aromatic rings. The van der Waals surface area contributed by atoms with Crippen LogP contribution in [0.2, 0.25) is 0 Å². The number of nitrogens with zero attached hydrogens (tertiary/aromatic N) is 2. The molecule has 0 atom stereocenters. The van der Waals surface area contributed by atoms with E-state index in [9.17, 15) is 9.59 Å². The first-order valence-corrected chi connectivity index (χ1v) is 9.21. The van der Waals surface area contributed by atoms with Crippen LogP contribution in [0.25, 0.3) is 0 Å². The zero-order valence-corrected chi connectivity index (χ0v) is 15.3. The summed E-state index contributed by atoms with van der Waals surface area (Å²) >= 11 is 0. The van der Waals surface area contributed by atoms with Crippen molar-refractivity contribution in [3.8, 4) is 12.1 Å². The highest BCUT2D eigenvalue weighted by molar-refractivity contribution is 5.94. The number of hydrogen-bond acceptors (Lipinski definition) is 4. The molecule has 28 heavy (non-hydrogen) atoms. The molecule has 0 heterocycles. The van der Waals surface area contributed by atoms with Gasteiger partial charge in [-0.1, -0.05) is 0 Å². The first kappa shape index (κ1) is 19.1. The molecule has 6 heteroatoms. The number of nitrogens with one attached hydrogen (secondary N) is 2. The summed E-state index contributed by atoms with van der Waals surface area (Å²) in [4.78, 5) is 24.9.